The zero-order valence-corrected chi connectivity index (χ0v) is 13.6. The van der Waals surface area contributed by atoms with E-state index in [1.807, 2.05) is 32.0 Å². The highest BCUT2D eigenvalue weighted by Crippen LogP contribution is 2.16. The molecule has 1 amide bonds. The van der Waals surface area contributed by atoms with Gasteiger partial charge in [0.2, 0.25) is 0 Å². The Labute approximate surface area is 136 Å². The first-order valence-corrected chi connectivity index (χ1v) is 7.78. The van der Waals surface area contributed by atoms with Gasteiger partial charge in [-0.1, -0.05) is 6.07 Å². The first kappa shape index (κ1) is 17.3. The van der Waals surface area contributed by atoms with Crippen LogP contribution in [0.5, 0.6) is 5.75 Å². The van der Waals surface area contributed by atoms with Crippen molar-refractivity contribution in [2.75, 3.05) is 26.4 Å². The van der Waals surface area contributed by atoms with Crippen molar-refractivity contribution in [2.24, 2.45) is 0 Å². The van der Waals surface area contributed by atoms with E-state index in [2.05, 4.69) is 5.32 Å². The maximum atomic E-state index is 11.6. The van der Waals surface area contributed by atoms with Crippen LogP contribution in [-0.4, -0.2) is 44.3 Å². The zero-order chi connectivity index (χ0) is 16.7. The number of benzene rings is 1. The van der Waals surface area contributed by atoms with Crippen molar-refractivity contribution in [3.63, 3.8) is 0 Å². The normalized spacial score (nSPS) is 16.9. The number of hydrogen-bond acceptors (Lipinski definition) is 5. The second-order valence-corrected chi connectivity index (χ2v) is 5.71. The fourth-order valence-electron chi connectivity index (χ4n) is 2.43. The molecular formula is C17H23NO5. The van der Waals surface area contributed by atoms with E-state index in [0.717, 1.165) is 30.6 Å². The number of hydrogen-bond donors (Lipinski definition) is 1. The molecule has 0 unspecified atom stereocenters. The Morgan fingerprint density at radius 3 is 2.61 bits per heavy atom. The number of amides is 1. The van der Waals surface area contributed by atoms with Crippen molar-refractivity contribution >= 4 is 11.9 Å². The highest BCUT2D eigenvalue weighted by atomic mass is 16.6. The molecule has 1 aliphatic heterocycles. The van der Waals surface area contributed by atoms with E-state index in [0.29, 0.717) is 12.3 Å². The van der Waals surface area contributed by atoms with Crippen molar-refractivity contribution in [3.8, 4) is 5.75 Å². The number of ether oxygens (including phenoxy) is 3. The van der Waals surface area contributed by atoms with Gasteiger partial charge in [0.25, 0.3) is 5.91 Å². The quantitative estimate of drug-likeness (QED) is 0.771. The van der Waals surface area contributed by atoms with Gasteiger partial charge in [0.15, 0.2) is 13.2 Å². The summed E-state index contributed by atoms with van der Waals surface area (Å²) in [5, 5.41) is 2.69. The molecule has 126 valence electrons. The maximum absolute atomic E-state index is 11.6. The van der Waals surface area contributed by atoms with Gasteiger partial charge in [0.1, 0.15) is 5.75 Å². The lowest BCUT2D eigenvalue weighted by Gasteiger charge is -2.11. The summed E-state index contributed by atoms with van der Waals surface area (Å²) in [6, 6.07) is 5.70. The highest BCUT2D eigenvalue weighted by molar-refractivity contribution is 5.80. The molecule has 0 aromatic heterocycles. The molecule has 1 fully saturated rings. The first-order chi connectivity index (χ1) is 11.0. The molecule has 1 aromatic carbocycles. The van der Waals surface area contributed by atoms with E-state index < -0.39 is 5.97 Å². The van der Waals surface area contributed by atoms with Crippen LogP contribution in [0, 0.1) is 13.8 Å². The molecule has 6 nitrogen and oxygen atoms in total. The van der Waals surface area contributed by atoms with Crippen LogP contribution >= 0.6 is 0 Å². The van der Waals surface area contributed by atoms with Gasteiger partial charge in [-0.25, -0.2) is 4.79 Å². The molecule has 0 aliphatic carbocycles. The van der Waals surface area contributed by atoms with Crippen molar-refractivity contribution in [3.05, 3.63) is 29.3 Å². The topological polar surface area (TPSA) is 73.9 Å². The predicted molar refractivity (Wildman–Crippen MR) is 84.4 cm³/mol. The fraction of sp³-hybridized carbons (Fsp3) is 0.529. The van der Waals surface area contributed by atoms with Crippen LogP contribution < -0.4 is 10.1 Å². The Morgan fingerprint density at radius 1 is 1.22 bits per heavy atom. The summed E-state index contributed by atoms with van der Waals surface area (Å²) < 4.78 is 15.7. The molecule has 23 heavy (non-hydrogen) atoms. The molecule has 0 radical (unpaired) electrons. The molecule has 1 N–H and O–H groups in total. The summed E-state index contributed by atoms with van der Waals surface area (Å²) in [6.07, 6.45) is 2.04. The lowest BCUT2D eigenvalue weighted by atomic mass is 10.1. The third-order valence-corrected chi connectivity index (χ3v) is 3.47. The van der Waals surface area contributed by atoms with Crippen molar-refractivity contribution < 1.29 is 23.8 Å². The van der Waals surface area contributed by atoms with Crippen LogP contribution in [0.4, 0.5) is 0 Å². The number of carbonyl (C=O) groups excluding carboxylic acids is 2. The van der Waals surface area contributed by atoms with Gasteiger partial charge in [-0.3, -0.25) is 4.79 Å². The largest absolute Gasteiger partial charge is 0.482 e. The smallest absolute Gasteiger partial charge is 0.344 e. The number of rotatable bonds is 7. The van der Waals surface area contributed by atoms with Gasteiger partial charge in [0, 0.05) is 13.2 Å². The number of esters is 1. The molecule has 6 heteroatoms. The fourth-order valence-corrected chi connectivity index (χ4v) is 2.43. The van der Waals surface area contributed by atoms with E-state index in [4.69, 9.17) is 14.2 Å². The molecule has 0 bridgehead atoms. The Bertz CT molecular complexity index is 532. The lowest BCUT2D eigenvalue weighted by molar-refractivity contribution is -0.150. The lowest BCUT2D eigenvalue weighted by Crippen LogP contribution is -2.35. The van der Waals surface area contributed by atoms with E-state index in [-0.39, 0.29) is 25.2 Å². The van der Waals surface area contributed by atoms with Crippen molar-refractivity contribution in [2.45, 2.75) is 32.8 Å². The number of carbonyl (C=O) groups is 2. The molecule has 1 saturated heterocycles. The molecule has 1 heterocycles. The standard InChI is InChI=1S/C17H23NO5/c1-12-6-13(2)8-15(7-12)22-11-17(20)23-10-16(19)18-9-14-4-3-5-21-14/h6-8,14H,3-5,9-11H2,1-2H3,(H,18,19)/t14-/m0/s1. The summed E-state index contributed by atoms with van der Waals surface area (Å²) in [5.74, 6) is -0.293. The van der Waals surface area contributed by atoms with Gasteiger partial charge < -0.3 is 19.5 Å². The van der Waals surface area contributed by atoms with E-state index in [1.54, 1.807) is 0 Å². The summed E-state index contributed by atoms with van der Waals surface area (Å²) >= 11 is 0. The monoisotopic (exact) mass is 321 g/mol. The van der Waals surface area contributed by atoms with E-state index in [9.17, 15) is 9.59 Å². The minimum absolute atomic E-state index is 0.0718. The summed E-state index contributed by atoms with van der Waals surface area (Å²) in [5.41, 5.74) is 2.11. The molecule has 1 aliphatic rings. The number of aryl methyl sites for hydroxylation is 2. The first-order valence-electron chi connectivity index (χ1n) is 7.78. The van der Waals surface area contributed by atoms with Gasteiger partial charge in [-0.15, -0.1) is 0 Å². The van der Waals surface area contributed by atoms with Gasteiger partial charge in [-0.05, 0) is 49.9 Å². The summed E-state index contributed by atoms with van der Waals surface area (Å²) in [7, 11) is 0. The molecule has 0 saturated carbocycles. The van der Waals surface area contributed by atoms with Crippen molar-refractivity contribution in [1.29, 1.82) is 0 Å². The van der Waals surface area contributed by atoms with E-state index >= 15 is 0 Å². The summed E-state index contributed by atoms with van der Waals surface area (Å²) in [4.78, 5) is 23.2. The highest BCUT2D eigenvalue weighted by Gasteiger charge is 2.16. The van der Waals surface area contributed by atoms with Gasteiger partial charge in [0.05, 0.1) is 6.10 Å². The van der Waals surface area contributed by atoms with Gasteiger partial charge >= 0.3 is 5.97 Å². The zero-order valence-electron chi connectivity index (χ0n) is 13.6. The van der Waals surface area contributed by atoms with Crippen LogP contribution in [0.25, 0.3) is 0 Å². The Balaban J connectivity index is 1.63. The average Bonchev–Trinajstić information content (AvgIpc) is 3.01. The Hall–Kier alpha value is -2.08. The minimum Gasteiger partial charge on any atom is -0.482 e. The Morgan fingerprint density at radius 2 is 1.96 bits per heavy atom. The third kappa shape index (κ3) is 6.28. The Kier molecular flexibility index (Phi) is 6.40. The van der Waals surface area contributed by atoms with Crippen LogP contribution in [0.15, 0.2) is 18.2 Å². The van der Waals surface area contributed by atoms with E-state index in [1.165, 1.54) is 0 Å². The van der Waals surface area contributed by atoms with Gasteiger partial charge in [-0.2, -0.15) is 0 Å². The second kappa shape index (κ2) is 8.53. The molecule has 1 atom stereocenters. The van der Waals surface area contributed by atoms with Crippen molar-refractivity contribution in [1.82, 2.24) is 5.32 Å². The predicted octanol–water partition coefficient (Wildman–Crippen LogP) is 1.52. The SMILES string of the molecule is Cc1cc(C)cc(OCC(=O)OCC(=O)NC[C@@H]2CCCO2)c1. The average molecular weight is 321 g/mol. The molecular weight excluding hydrogens is 298 g/mol. The molecule has 0 spiro atoms. The van der Waals surface area contributed by atoms with Crippen LogP contribution in [0.1, 0.15) is 24.0 Å². The van der Waals surface area contributed by atoms with Crippen LogP contribution in [-0.2, 0) is 19.1 Å². The minimum atomic E-state index is -0.573. The molecule has 1 aromatic rings. The third-order valence-electron chi connectivity index (χ3n) is 3.47. The van der Waals surface area contributed by atoms with Crippen LogP contribution in [0.2, 0.25) is 0 Å². The maximum Gasteiger partial charge on any atom is 0.344 e. The van der Waals surface area contributed by atoms with Crippen LogP contribution in [0.3, 0.4) is 0 Å². The second-order valence-electron chi connectivity index (χ2n) is 5.71. The summed E-state index contributed by atoms with van der Waals surface area (Å²) in [6.45, 7) is 4.58. The molecule has 2 rings (SSSR count). The number of nitrogens with one attached hydrogen (secondary N) is 1.